The normalized spacial score (nSPS) is 10.9. The van der Waals surface area contributed by atoms with Gasteiger partial charge in [-0.25, -0.2) is 9.37 Å². The number of halogens is 1. The lowest BCUT2D eigenvalue weighted by atomic mass is 10.2. The number of nitrogens with zero attached hydrogens (tertiary/aromatic N) is 2. The van der Waals surface area contributed by atoms with Crippen molar-refractivity contribution < 1.29 is 13.9 Å². The van der Waals surface area contributed by atoms with Crippen LogP contribution in [0.2, 0.25) is 0 Å². The molecule has 0 unspecified atom stereocenters. The van der Waals surface area contributed by atoms with E-state index >= 15 is 0 Å². The van der Waals surface area contributed by atoms with Gasteiger partial charge in [-0.3, -0.25) is 9.69 Å². The maximum Gasteiger partial charge on any atom is 0.229 e. The molecule has 0 fully saturated rings. The van der Waals surface area contributed by atoms with Crippen molar-refractivity contribution in [3.05, 3.63) is 84.2 Å². The molecule has 4 rings (SSSR count). The second-order valence-corrected chi connectivity index (χ2v) is 9.23. The Morgan fingerprint density at radius 1 is 1.06 bits per heavy atom. The smallest absolute Gasteiger partial charge is 0.229 e. The van der Waals surface area contributed by atoms with Crippen molar-refractivity contribution in [2.45, 2.75) is 24.8 Å². The fourth-order valence-electron chi connectivity index (χ4n) is 3.25. The first-order valence-corrected chi connectivity index (χ1v) is 12.2. The van der Waals surface area contributed by atoms with Gasteiger partial charge < -0.3 is 4.74 Å². The number of ether oxygens (including phenoxy) is 1. The summed E-state index contributed by atoms with van der Waals surface area (Å²) in [5, 5.41) is 0.660. The van der Waals surface area contributed by atoms with E-state index in [4.69, 9.17) is 9.72 Å². The SMILES string of the molecule is CCOc1cccc2sc(N(Cc3ccccc3)C(=O)CCSc3ccc(F)cc3)nc12. The topological polar surface area (TPSA) is 42.4 Å². The average Bonchev–Trinajstić information content (AvgIpc) is 3.24. The van der Waals surface area contributed by atoms with Crippen LogP contribution in [0.4, 0.5) is 9.52 Å². The Bertz CT molecular complexity index is 1180. The molecule has 0 radical (unpaired) electrons. The van der Waals surface area contributed by atoms with E-state index in [-0.39, 0.29) is 11.7 Å². The van der Waals surface area contributed by atoms with Crippen molar-refractivity contribution in [2.24, 2.45) is 0 Å². The van der Waals surface area contributed by atoms with E-state index in [0.29, 0.717) is 30.5 Å². The second-order valence-electron chi connectivity index (χ2n) is 7.05. The van der Waals surface area contributed by atoms with E-state index in [1.165, 1.54) is 35.2 Å². The van der Waals surface area contributed by atoms with Crippen molar-refractivity contribution in [1.82, 2.24) is 4.98 Å². The number of carbonyl (C=O) groups is 1. The molecule has 0 N–H and O–H groups in total. The summed E-state index contributed by atoms with van der Waals surface area (Å²) in [5.41, 5.74) is 1.82. The van der Waals surface area contributed by atoms with Crippen molar-refractivity contribution in [2.75, 3.05) is 17.3 Å². The molecule has 164 valence electrons. The predicted octanol–water partition coefficient (Wildman–Crippen LogP) is 6.55. The number of hydrogen-bond acceptors (Lipinski definition) is 5. The van der Waals surface area contributed by atoms with E-state index in [9.17, 15) is 9.18 Å². The van der Waals surface area contributed by atoms with Crippen LogP contribution in [-0.2, 0) is 11.3 Å². The van der Waals surface area contributed by atoms with Crippen molar-refractivity contribution in [1.29, 1.82) is 0 Å². The lowest BCUT2D eigenvalue weighted by Gasteiger charge is -2.20. The zero-order chi connectivity index (χ0) is 22.3. The number of para-hydroxylation sites is 1. The second kappa shape index (κ2) is 10.6. The van der Waals surface area contributed by atoms with Crippen molar-refractivity contribution >= 4 is 44.4 Å². The summed E-state index contributed by atoms with van der Waals surface area (Å²) in [7, 11) is 0. The van der Waals surface area contributed by atoms with E-state index in [1.54, 1.807) is 17.0 Å². The Morgan fingerprint density at radius 3 is 2.59 bits per heavy atom. The third-order valence-electron chi connectivity index (χ3n) is 4.78. The predicted molar refractivity (Wildman–Crippen MR) is 130 cm³/mol. The molecule has 4 nitrogen and oxygen atoms in total. The van der Waals surface area contributed by atoms with Gasteiger partial charge in [0.25, 0.3) is 0 Å². The zero-order valence-electron chi connectivity index (χ0n) is 17.7. The van der Waals surface area contributed by atoms with Gasteiger partial charge in [-0.1, -0.05) is 47.7 Å². The molecule has 0 atom stereocenters. The fraction of sp³-hybridized carbons (Fsp3) is 0.200. The summed E-state index contributed by atoms with van der Waals surface area (Å²) in [4.78, 5) is 20.7. The molecule has 0 saturated carbocycles. The summed E-state index contributed by atoms with van der Waals surface area (Å²) < 4.78 is 19.8. The third kappa shape index (κ3) is 5.47. The van der Waals surface area contributed by atoms with Crippen LogP contribution in [0, 0.1) is 5.82 Å². The van der Waals surface area contributed by atoms with E-state index in [2.05, 4.69) is 0 Å². The Hall–Kier alpha value is -2.90. The van der Waals surface area contributed by atoms with Gasteiger partial charge in [0, 0.05) is 17.1 Å². The number of benzene rings is 3. The highest BCUT2D eigenvalue weighted by atomic mass is 32.2. The molecule has 4 aromatic rings. The largest absolute Gasteiger partial charge is 0.492 e. The highest BCUT2D eigenvalue weighted by Gasteiger charge is 2.21. The van der Waals surface area contributed by atoms with Gasteiger partial charge in [-0.15, -0.1) is 11.8 Å². The summed E-state index contributed by atoms with van der Waals surface area (Å²) in [5.74, 6) is 1.07. The van der Waals surface area contributed by atoms with E-state index in [0.717, 1.165) is 26.4 Å². The lowest BCUT2D eigenvalue weighted by Crippen LogP contribution is -2.30. The van der Waals surface area contributed by atoms with Crippen LogP contribution in [0.3, 0.4) is 0 Å². The minimum Gasteiger partial charge on any atom is -0.492 e. The molecule has 0 bridgehead atoms. The van der Waals surface area contributed by atoms with Gasteiger partial charge in [0.05, 0.1) is 17.9 Å². The van der Waals surface area contributed by atoms with Gasteiger partial charge in [0.1, 0.15) is 17.1 Å². The maximum atomic E-state index is 13.3. The Balaban J connectivity index is 1.55. The Labute approximate surface area is 195 Å². The quantitative estimate of drug-likeness (QED) is 0.262. The highest BCUT2D eigenvalue weighted by Crippen LogP contribution is 2.35. The van der Waals surface area contributed by atoms with E-state index < -0.39 is 0 Å². The zero-order valence-corrected chi connectivity index (χ0v) is 19.3. The maximum absolute atomic E-state index is 13.3. The first-order valence-electron chi connectivity index (χ1n) is 10.4. The number of hydrogen-bond donors (Lipinski definition) is 0. The molecular weight excluding hydrogens is 443 g/mol. The van der Waals surface area contributed by atoms with Crippen LogP contribution >= 0.6 is 23.1 Å². The standard InChI is InChI=1S/C25H23FN2O2S2/c1-2-30-21-9-6-10-22-24(21)27-25(32-22)28(17-18-7-4-3-5-8-18)23(29)15-16-31-20-13-11-19(26)12-14-20/h3-14H,2,15-17H2,1H3. The molecule has 1 amide bonds. The Morgan fingerprint density at radius 2 is 1.84 bits per heavy atom. The molecule has 0 saturated heterocycles. The first-order chi connectivity index (χ1) is 15.6. The monoisotopic (exact) mass is 466 g/mol. The molecule has 1 heterocycles. The number of aromatic nitrogens is 1. The molecular formula is C25H23FN2O2S2. The molecule has 3 aromatic carbocycles. The minimum absolute atomic E-state index is 0.000445. The van der Waals surface area contributed by atoms with Gasteiger partial charge in [0.15, 0.2) is 5.13 Å². The number of rotatable bonds is 9. The Kier molecular flexibility index (Phi) is 7.39. The summed E-state index contributed by atoms with van der Waals surface area (Å²) in [6, 6.07) is 22.1. The summed E-state index contributed by atoms with van der Waals surface area (Å²) in [6.07, 6.45) is 0.350. The molecule has 0 spiro atoms. The van der Waals surface area contributed by atoms with Gasteiger partial charge in [0.2, 0.25) is 5.91 Å². The molecule has 1 aromatic heterocycles. The average molecular weight is 467 g/mol. The van der Waals surface area contributed by atoms with Crippen molar-refractivity contribution in [3.8, 4) is 5.75 Å². The van der Waals surface area contributed by atoms with E-state index in [1.807, 2.05) is 55.5 Å². The number of carbonyl (C=O) groups excluding carboxylic acids is 1. The number of amides is 1. The number of anilines is 1. The fourth-order valence-corrected chi connectivity index (χ4v) is 5.09. The molecule has 7 heteroatoms. The molecule has 0 aliphatic carbocycles. The number of fused-ring (bicyclic) bond motifs is 1. The van der Waals surface area contributed by atoms with Crippen LogP contribution < -0.4 is 9.64 Å². The van der Waals surface area contributed by atoms with Crippen molar-refractivity contribution in [3.63, 3.8) is 0 Å². The first kappa shape index (κ1) is 22.3. The summed E-state index contributed by atoms with van der Waals surface area (Å²) in [6.45, 7) is 2.94. The minimum atomic E-state index is -0.262. The lowest BCUT2D eigenvalue weighted by molar-refractivity contribution is -0.118. The molecule has 32 heavy (non-hydrogen) atoms. The van der Waals surface area contributed by atoms with Gasteiger partial charge in [-0.05, 0) is 48.9 Å². The van der Waals surface area contributed by atoms with Crippen LogP contribution in [0.5, 0.6) is 5.75 Å². The molecule has 0 aliphatic heterocycles. The number of thioether (sulfide) groups is 1. The van der Waals surface area contributed by atoms with Gasteiger partial charge in [-0.2, -0.15) is 0 Å². The highest BCUT2D eigenvalue weighted by molar-refractivity contribution is 7.99. The summed E-state index contributed by atoms with van der Waals surface area (Å²) >= 11 is 3.03. The van der Waals surface area contributed by atoms with Crippen LogP contribution in [0.15, 0.2) is 77.7 Å². The number of thiazole rings is 1. The van der Waals surface area contributed by atoms with Crippen LogP contribution in [0.25, 0.3) is 10.2 Å². The van der Waals surface area contributed by atoms with Crippen LogP contribution in [0.1, 0.15) is 18.9 Å². The molecule has 0 aliphatic rings. The third-order valence-corrected chi connectivity index (χ3v) is 6.84. The van der Waals surface area contributed by atoms with Gasteiger partial charge >= 0.3 is 0 Å². The van der Waals surface area contributed by atoms with Crippen LogP contribution in [-0.4, -0.2) is 23.3 Å².